The summed E-state index contributed by atoms with van der Waals surface area (Å²) in [6, 6.07) is 0. The molecule has 0 aromatic carbocycles. The summed E-state index contributed by atoms with van der Waals surface area (Å²) in [5.41, 5.74) is 2.58. The van der Waals surface area contributed by atoms with Gasteiger partial charge >= 0.3 is 0 Å². The van der Waals surface area contributed by atoms with Gasteiger partial charge < -0.3 is 0 Å². The number of hydrogen-bond donors (Lipinski definition) is 0. The van der Waals surface area contributed by atoms with Crippen molar-refractivity contribution in [3.05, 3.63) is 0 Å². The van der Waals surface area contributed by atoms with Crippen LogP contribution in [0, 0.1) is 33.5 Å². The molecule has 4 fully saturated rings. The molecule has 4 saturated carbocycles. The Morgan fingerprint density at radius 2 is 0.955 bits per heavy atom. The predicted molar refractivity (Wildman–Crippen MR) is 101 cm³/mol. The maximum atomic E-state index is 2.57. The summed E-state index contributed by atoms with van der Waals surface area (Å²) in [5.74, 6) is 4.89. The van der Waals surface area contributed by atoms with Gasteiger partial charge in [0.25, 0.3) is 0 Å². The second-order valence-corrected chi connectivity index (χ2v) is 12.5. The summed E-state index contributed by atoms with van der Waals surface area (Å²) in [7, 11) is 4.48. The van der Waals surface area contributed by atoms with Gasteiger partial charge in [0.15, 0.2) is 0 Å². The fourth-order valence-corrected chi connectivity index (χ4v) is 10.7. The highest BCUT2D eigenvalue weighted by Crippen LogP contribution is 2.69. The second-order valence-electron chi connectivity index (χ2n) is 10.1. The zero-order chi connectivity index (χ0) is 15.6. The van der Waals surface area contributed by atoms with Gasteiger partial charge in [-0.15, -0.1) is 0 Å². The van der Waals surface area contributed by atoms with Crippen LogP contribution in [-0.4, -0.2) is 11.5 Å². The maximum Gasteiger partial charge on any atom is 0.00988 e. The van der Waals surface area contributed by atoms with Crippen molar-refractivity contribution >= 4 is 21.6 Å². The first kappa shape index (κ1) is 16.2. The lowest BCUT2D eigenvalue weighted by molar-refractivity contribution is 0.157. The monoisotopic (exact) mass is 338 g/mol. The minimum absolute atomic E-state index is 0.615. The molecular formula is C20H34S2. The summed E-state index contributed by atoms with van der Waals surface area (Å²) < 4.78 is 0. The van der Waals surface area contributed by atoms with E-state index in [9.17, 15) is 0 Å². The molecule has 2 heteroatoms. The molecule has 0 aliphatic heterocycles. The summed E-state index contributed by atoms with van der Waals surface area (Å²) in [5, 5.41) is 0. The van der Waals surface area contributed by atoms with Crippen LogP contribution in [0.5, 0.6) is 0 Å². The van der Waals surface area contributed by atoms with Gasteiger partial charge in [-0.3, -0.25) is 0 Å². The predicted octanol–water partition coefficient (Wildman–Crippen LogP) is 6.80. The average Bonchev–Trinajstić information content (AvgIpc) is 3.07. The first-order chi connectivity index (χ1) is 10.3. The van der Waals surface area contributed by atoms with Crippen molar-refractivity contribution in [1.29, 1.82) is 0 Å². The zero-order valence-electron chi connectivity index (χ0n) is 15.0. The molecule has 4 bridgehead atoms. The zero-order valence-corrected chi connectivity index (χ0v) is 16.7. The first-order valence-corrected chi connectivity index (χ1v) is 12.1. The third kappa shape index (κ3) is 1.98. The average molecular weight is 339 g/mol. The number of rotatable bonds is 5. The van der Waals surface area contributed by atoms with Crippen molar-refractivity contribution in [3.63, 3.8) is 0 Å². The topological polar surface area (TPSA) is 0 Å². The fourth-order valence-electron chi connectivity index (χ4n) is 6.91. The molecule has 0 atom stereocenters. The van der Waals surface area contributed by atoms with E-state index >= 15 is 0 Å². The van der Waals surface area contributed by atoms with E-state index in [2.05, 4.69) is 49.3 Å². The van der Waals surface area contributed by atoms with Gasteiger partial charge in [-0.2, -0.15) is 0 Å². The van der Waals surface area contributed by atoms with Gasteiger partial charge in [-0.1, -0.05) is 49.3 Å². The van der Waals surface area contributed by atoms with Gasteiger partial charge in [0, 0.05) is 11.5 Å². The van der Waals surface area contributed by atoms with Crippen LogP contribution in [0.25, 0.3) is 0 Å². The van der Waals surface area contributed by atoms with E-state index in [0.29, 0.717) is 21.7 Å². The number of hydrogen-bond acceptors (Lipinski definition) is 2. The summed E-state index contributed by atoms with van der Waals surface area (Å²) in [6.07, 6.45) is 12.1. The van der Waals surface area contributed by atoms with Crippen LogP contribution in [-0.2, 0) is 0 Å². The minimum Gasteiger partial charge on any atom is -0.0935 e. The van der Waals surface area contributed by atoms with Crippen LogP contribution >= 0.6 is 21.6 Å². The van der Waals surface area contributed by atoms with Crippen molar-refractivity contribution in [2.75, 3.05) is 11.5 Å². The highest BCUT2D eigenvalue weighted by atomic mass is 33.1. The normalized spacial score (nSPS) is 47.5. The molecular weight excluding hydrogens is 304 g/mol. The lowest BCUT2D eigenvalue weighted by atomic mass is 9.71. The Kier molecular flexibility index (Phi) is 3.75. The Bertz CT molecular complexity index is 393. The highest BCUT2D eigenvalue weighted by molar-refractivity contribution is 8.76. The van der Waals surface area contributed by atoms with Gasteiger partial charge in [-0.05, 0) is 84.9 Å². The second kappa shape index (κ2) is 5.10. The van der Waals surface area contributed by atoms with Gasteiger partial charge in [0.1, 0.15) is 0 Å². The molecule has 0 nitrogen and oxygen atoms in total. The largest absolute Gasteiger partial charge is 0.0935 e. The minimum atomic E-state index is 0.615. The third-order valence-electron chi connectivity index (χ3n) is 9.41. The summed E-state index contributed by atoms with van der Waals surface area (Å²) in [4.78, 5) is 0. The number of fused-ring (bicyclic) bond motifs is 4. The Hall–Kier alpha value is 0.700. The Morgan fingerprint density at radius 3 is 1.18 bits per heavy atom. The van der Waals surface area contributed by atoms with E-state index in [4.69, 9.17) is 0 Å². The van der Waals surface area contributed by atoms with Crippen molar-refractivity contribution < 1.29 is 0 Å². The fraction of sp³-hybridized carbons (Fsp3) is 1.00. The molecule has 4 aliphatic rings. The van der Waals surface area contributed by atoms with Crippen molar-refractivity contribution in [3.8, 4) is 0 Å². The van der Waals surface area contributed by atoms with Gasteiger partial charge in [0.2, 0.25) is 0 Å². The third-order valence-corrected chi connectivity index (χ3v) is 12.1. The van der Waals surface area contributed by atoms with E-state index in [1.54, 1.807) is 0 Å². The molecule has 0 spiro atoms. The van der Waals surface area contributed by atoms with E-state index in [1.807, 2.05) is 0 Å². The van der Waals surface area contributed by atoms with Crippen LogP contribution < -0.4 is 0 Å². The molecule has 0 N–H and O–H groups in total. The maximum absolute atomic E-state index is 2.57. The van der Waals surface area contributed by atoms with Crippen LogP contribution in [0.3, 0.4) is 0 Å². The van der Waals surface area contributed by atoms with Crippen LogP contribution in [0.4, 0.5) is 0 Å². The van der Waals surface area contributed by atoms with Crippen molar-refractivity contribution in [2.24, 2.45) is 33.5 Å². The molecule has 0 amide bonds. The highest BCUT2D eigenvalue weighted by Gasteiger charge is 2.59. The molecule has 0 saturated heterocycles. The Labute approximate surface area is 145 Å². The Balaban J connectivity index is 1.34. The quantitative estimate of drug-likeness (QED) is 0.399. The molecule has 4 aliphatic carbocycles. The molecule has 0 aromatic heterocycles. The van der Waals surface area contributed by atoms with E-state index < -0.39 is 0 Å². The van der Waals surface area contributed by atoms with Crippen LogP contribution in [0.1, 0.15) is 79.1 Å². The summed E-state index contributed by atoms with van der Waals surface area (Å²) >= 11 is 0. The van der Waals surface area contributed by atoms with E-state index in [1.165, 1.54) is 62.9 Å². The van der Waals surface area contributed by atoms with Gasteiger partial charge in [-0.25, -0.2) is 0 Å². The molecule has 4 rings (SSSR count). The van der Waals surface area contributed by atoms with Gasteiger partial charge in [0.05, 0.1) is 0 Å². The van der Waals surface area contributed by atoms with Crippen molar-refractivity contribution in [2.45, 2.75) is 79.1 Å². The molecule has 126 valence electrons. The molecule has 0 heterocycles. The van der Waals surface area contributed by atoms with Crippen molar-refractivity contribution in [1.82, 2.24) is 0 Å². The lowest BCUT2D eigenvalue weighted by Gasteiger charge is -2.39. The molecule has 22 heavy (non-hydrogen) atoms. The van der Waals surface area contributed by atoms with E-state index in [0.717, 1.165) is 11.8 Å². The standard InChI is InChI=1S/C20H34S2/c1-17(2)15-5-9-19(17,10-6-15)13-21-22-14-20-11-7-16(8-12-20)18(20,3)4/h15-16H,5-14H2,1-4H3. The lowest BCUT2D eigenvalue weighted by Crippen LogP contribution is -2.33. The molecule has 0 radical (unpaired) electrons. The van der Waals surface area contributed by atoms with Crippen LogP contribution in [0.15, 0.2) is 0 Å². The SMILES string of the molecule is CC1(C)C2CCC1(CSSCC13CCC(CC1)C3(C)C)CC2. The Morgan fingerprint density at radius 1 is 0.636 bits per heavy atom. The first-order valence-electron chi connectivity index (χ1n) is 9.58. The van der Waals surface area contributed by atoms with E-state index in [-0.39, 0.29) is 0 Å². The molecule has 0 unspecified atom stereocenters. The summed E-state index contributed by atoms with van der Waals surface area (Å²) in [6.45, 7) is 10.3. The van der Waals surface area contributed by atoms with Crippen LogP contribution in [0.2, 0.25) is 0 Å². The molecule has 0 aromatic rings. The smallest absolute Gasteiger partial charge is 0.00988 e.